The molecule has 2 aromatic heterocycles. The molecule has 16 heteroatoms. The molecule has 3 aromatic carbocycles. The third-order valence-electron chi connectivity index (χ3n) is 11.0. The van der Waals surface area contributed by atoms with E-state index in [0.717, 1.165) is 22.2 Å². The summed E-state index contributed by atoms with van der Waals surface area (Å²) in [4.78, 5) is 78.1. The lowest BCUT2D eigenvalue weighted by atomic mass is 10.0. The molecule has 5 aromatic rings. The highest BCUT2D eigenvalue weighted by atomic mass is 16.5. The number of nitrogens with zero attached hydrogens (tertiary/aromatic N) is 6. The lowest BCUT2D eigenvalue weighted by Crippen LogP contribution is -2.52. The zero-order chi connectivity index (χ0) is 43.9. The fourth-order valence-corrected chi connectivity index (χ4v) is 7.86. The van der Waals surface area contributed by atoms with Gasteiger partial charge in [0.1, 0.15) is 11.8 Å². The van der Waals surface area contributed by atoms with E-state index in [2.05, 4.69) is 60.4 Å². The summed E-state index contributed by atoms with van der Waals surface area (Å²) in [7, 11) is 5.45. The van der Waals surface area contributed by atoms with Crippen molar-refractivity contribution in [2.45, 2.75) is 38.3 Å². The molecule has 1 unspecified atom stereocenters. The number of carbonyl (C=O) groups is 5. The van der Waals surface area contributed by atoms with Gasteiger partial charge in [-0.05, 0) is 55.8 Å². The first-order valence-electron chi connectivity index (χ1n) is 20.2. The normalized spacial score (nSPS) is 14.6. The van der Waals surface area contributed by atoms with Gasteiger partial charge < -0.3 is 35.1 Å². The number of anilines is 5. The highest BCUT2D eigenvalue weighted by Crippen LogP contribution is 2.39. The maximum Gasteiger partial charge on any atom is 0.255 e. The average Bonchev–Trinajstić information content (AvgIpc) is 3.79. The van der Waals surface area contributed by atoms with Crippen molar-refractivity contribution >= 4 is 69.1 Å². The Morgan fingerprint density at radius 2 is 1.85 bits per heavy atom. The van der Waals surface area contributed by atoms with E-state index >= 15 is 0 Å². The van der Waals surface area contributed by atoms with Gasteiger partial charge in [-0.15, -0.1) is 6.42 Å². The Bertz CT molecular complexity index is 2610. The molecule has 318 valence electrons. The molecule has 0 saturated carbocycles. The molecule has 0 aliphatic carbocycles. The molecule has 1 fully saturated rings. The molecule has 1 atom stereocenters. The van der Waals surface area contributed by atoms with Crippen molar-refractivity contribution in [3.05, 3.63) is 96.8 Å². The van der Waals surface area contributed by atoms with Gasteiger partial charge >= 0.3 is 0 Å². The molecule has 1 saturated heterocycles. The molecule has 0 radical (unpaired) electrons. The van der Waals surface area contributed by atoms with Gasteiger partial charge in [0.05, 0.1) is 36.4 Å². The van der Waals surface area contributed by atoms with Crippen LogP contribution in [0.3, 0.4) is 0 Å². The SMILES string of the molecule is C#CCN(CCCC(=O)Nc1cccc2c1CN(C1CCC(=O)NC1=O)C2=O)CCN(C)c1cc(OC)c(Nc2nccc(-c3cn(C)c4ccccc34)n2)cc1NC(=O)C=C. The smallest absolute Gasteiger partial charge is 0.255 e. The molecular weight excluding hydrogens is 789 g/mol. The van der Waals surface area contributed by atoms with Gasteiger partial charge in [0.25, 0.3) is 5.91 Å². The molecule has 2 aliphatic heterocycles. The van der Waals surface area contributed by atoms with E-state index in [1.54, 1.807) is 37.6 Å². The van der Waals surface area contributed by atoms with Crippen LogP contribution in [0.2, 0.25) is 0 Å². The Hall–Kier alpha value is -7.51. The van der Waals surface area contributed by atoms with Gasteiger partial charge in [0.15, 0.2) is 0 Å². The van der Waals surface area contributed by atoms with E-state index in [4.69, 9.17) is 16.1 Å². The van der Waals surface area contributed by atoms with Crippen LogP contribution in [-0.4, -0.2) is 100 Å². The minimum absolute atomic E-state index is 0.152. The van der Waals surface area contributed by atoms with Crippen molar-refractivity contribution in [3.63, 3.8) is 0 Å². The highest BCUT2D eigenvalue weighted by Gasteiger charge is 2.40. The summed E-state index contributed by atoms with van der Waals surface area (Å²) >= 11 is 0. The molecule has 16 nitrogen and oxygen atoms in total. The lowest BCUT2D eigenvalue weighted by Gasteiger charge is -2.29. The van der Waals surface area contributed by atoms with Gasteiger partial charge in [-0.1, -0.05) is 36.8 Å². The van der Waals surface area contributed by atoms with E-state index < -0.39 is 17.9 Å². The second-order valence-corrected chi connectivity index (χ2v) is 15.1. The van der Waals surface area contributed by atoms with E-state index in [9.17, 15) is 24.0 Å². The van der Waals surface area contributed by atoms with Crippen molar-refractivity contribution in [1.82, 2.24) is 29.7 Å². The summed E-state index contributed by atoms with van der Waals surface area (Å²) in [6, 6.07) is 17.9. The van der Waals surface area contributed by atoms with Gasteiger partial charge in [-0.25, -0.2) is 9.97 Å². The fourth-order valence-electron chi connectivity index (χ4n) is 7.86. The number of piperidine rings is 1. The van der Waals surface area contributed by atoms with Crippen LogP contribution < -0.4 is 30.9 Å². The minimum Gasteiger partial charge on any atom is -0.494 e. The Labute approximate surface area is 359 Å². The van der Waals surface area contributed by atoms with Crippen molar-refractivity contribution in [3.8, 4) is 29.4 Å². The molecular formula is C46H48N10O6. The van der Waals surface area contributed by atoms with Crippen LogP contribution >= 0.6 is 0 Å². The number of terminal acetylenes is 1. The standard InChI is InChI=1S/C46H48N10O6/c1-6-21-55(22-11-16-42(58)48-33-14-10-13-30-32(33)28-56(45(30)61)38-17-18-43(59)52-44(38)60)24-23-53(3)39-26-40(62-5)36(25-35(39)49-41(57)7-2)51-46-47-20-19-34(50-46)31-27-54(4)37-15-9-8-12-29(31)37/h1,7-10,12-15,19-20,25-27,38H,2,11,16-18,21-24,28H2,3-5H3,(H,48,58)(H,49,57)(H,47,50,51)(H,52,59,60). The van der Waals surface area contributed by atoms with E-state index in [1.807, 2.05) is 49.5 Å². The first kappa shape index (κ1) is 42.6. The second kappa shape index (κ2) is 18.8. The van der Waals surface area contributed by atoms with E-state index in [-0.39, 0.29) is 43.5 Å². The molecule has 62 heavy (non-hydrogen) atoms. The first-order chi connectivity index (χ1) is 30.0. The third kappa shape index (κ3) is 9.28. The molecule has 4 heterocycles. The van der Waals surface area contributed by atoms with Crippen LogP contribution in [0.4, 0.5) is 28.7 Å². The number of imide groups is 1. The Morgan fingerprint density at radius 3 is 2.63 bits per heavy atom. The highest BCUT2D eigenvalue weighted by molar-refractivity contribution is 6.07. The zero-order valence-electron chi connectivity index (χ0n) is 34.9. The summed E-state index contributed by atoms with van der Waals surface area (Å²) in [6.45, 7) is 5.71. The maximum atomic E-state index is 13.2. The predicted molar refractivity (Wildman–Crippen MR) is 238 cm³/mol. The number of ether oxygens (including phenoxy) is 1. The average molecular weight is 837 g/mol. The molecule has 7 rings (SSSR count). The molecule has 4 N–H and O–H groups in total. The number of aryl methyl sites for hydroxylation is 1. The Kier molecular flexibility index (Phi) is 12.9. The first-order valence-corrected chi connectivity index (χ1v) is 20.2. The minimum atomic E-state index is -0.751. The van der Waals surface area contributed by atoms with Crippen molar-refractivity contribution < 1.29 is 28.7 Å². The summed E-state index contributed by atoms with van der Waals surface area (Å²) in [5.41, 5.74) is 6.07. The molecule has 0 bridgehead atoms. The number of carbonyl (C=O) groups excluding carboxylic acids is 5. The van der Waals surface area contributed by atoms with Crippen LogP contribution in [0.5, 0.6) is 5.75 Å². The van der Waals surface area contributed by atoms with Crippen LogP contribution in [0, 0.1) is 12.3 Å². The number of benzene rings is 3. The third-order valence-corrected chi connectivity index (χ3v) is 11.0. The molecule has 0 spiro atoms. The summed E-state index contributed by atoms with van der Waals surface area (Å²) in [5.74, 6) is 1.77. The number of amides is 5. The van der Waals surface area contributed by atoms with Crippen molar-refractivity contribution in [1.29, 1.82) is 0 Å². The fraction of sp³-hybridized carbons (Fsp3) is 0.283. The van der Waals surface area contributed by atoms with Crippen molar-refractivity contribution in [2.75, 3.05) is 61.2 Å². The van der Waals surface area contributed by atoms with E-state index in [0.29, 0.717) is 78.2 Å². The van der Waals surface area contributed by atoms with Crippen molar-refractivity contribution in [2.24, 2.45) is 7.05 Å². The molecule has 2 aliphatic rings. The van der Waals surface area contributed by atoms with Gasteiger partial charge in [0.2, 0.25) is 29.6 Å². The number of methoxy groups -OCH3 is 1. The Morgan fingerprint density at radius 1 is 1.03 bits per heavy atom. The zero-order valence-corrected chi connectivity index (χ0v) is 34.9. The molecule has 5 amide bonds. The van der Waals surface area contributed by atoms with Crippen LogP contribution in [0.1, 0.15) is 41.6 Å². The van der Waals surface area contributed by atoms with Gasteiger partial charge in [-0.2, -0.15) is 0 Å². The summed E-state index contributed by atoms with van der Waals surface area (Å²) in [5, 5.41) is 12.5. The second-order valence-electron chi connectivity index (χ2n) is 15.1. The summed E-state index contributed by atoms with van der Waals surface area (Å²) in [6.07, 6.45) is 11.8. The van der Waals surface area contributed by atoms with Crippen LogP contribution in [0.25, 0.3) is 22.2 Å². The lowest BCUT2D eigenvalue weighted by molar-refractivity contribution is -0.137. The van der Waals surface area contributed by atoms with Crippen LogP contribution in [-0.2, 0) is 32.8 Å². The number of aromatic nitrogens is 3. The number of hydrogen-bond donors (Lipinski definition) is 4. The predicted octanol–water partition coefficient (Wildman–Crippen LogP) is 5.06. The van der Waals surface area contributed by atoms with E-state index in [1.165, 1.54) is 11.0 Å². The number of para-hydroxylation sites is 1. The van der Waals surface area contributed by atoms with Crippen LogP contribution in [0.15, 0.2) is 85.7 Å². The number of rotatable bonds is 17. The maximum absolute atomic E-state index is 13.2. The number of hydrogen-bond acceptors (Lipinski definition) is 11. The Balaban J connectivity index is 0.987. The van der Waals surface area contributed by atoms with Gasteiger partial charge in [-0.3, -0.25) is 34.2 Å². The largest absolute Gasteiger partial charge is 0.494 e. The number of nitrogens with one attached hydrogen (secondary N) is 4. The number of likely N-dealkylation sites (N-methyl/N-ethyl adjacent to an activating group) is 1. The topological polar surface area (TPSA) is 183 Å². The summed E-state index contributed by atoms with van der Waals surface area (Å²) < 4.78 is 7.88. The number of fused-ring (bicyclic) bond motifs is 2. The monoisotopic (exact) mass is 836 g/mol. The van der Waals surface area contributed by atoms with Gasteiger partial charge in [0, 0.05) is 98.3 Å². The quantitative estimate of drug-likeness (QED) is 0.0558.